The molecule has 0 aliphatic heterocycles. The number of carbonyl (C=O) groups excluding carboxylic acids is 1. The van der Waals surface area contributed by atoms with Crippen LogP contribution < -0.4 is 10.2 Å². The highest BCUT2D eigenvalue weighted by Crippen LogP contribution is 2.36. The molecule has 0 saturated heterocycles. The fraction of sp³-hybridized carbons (Fsp3) is 0.304. The van der Waals surface area contributed by atoms with Crippen LogP contribution in [0.15, 0.2) is 41.3 Å². The van der Waals surface area contributed by atoms with Gasteiger partial charge in [-0.05, 0) is 44.3 Å². The van der Waals surface area contributed by atoms with Crippen molar-refractivity contribution in [2.75, 3.05) is 20.2 Å². The first kappa shape index (κ1) is 25.5. The monoisotopic (exact) mass is 500 g/mol. The number of nitrogens with zero attached hydrogens (tertiary/aromatic N) is 2. The molecular formula is C23H21ClF4N2O4. The summed E-state index contributed by atoms with van der Waals surface area (Å²) in [5.74, 6) is -5.70. The number of benzene rings is 2. The van der Waals surface area contributed by atoms with Crippen molar-refractivity contribution in [1.29, 1.82) is 0 Å². The molecule has 182 valence electrons. The van der Waals surface area contributed by atoms with E-state index in [9.17, 15) is 27.2 Å². The molecule has 0 aliphatic rings. The SMILES string of the molecule is CCOC(=O)c1cn(-c2ccc(CN(C)CC)cc2)c2c(OC(F)(F)Cl)c(F)c(F)cc2c1=O. The summed E-state index contributed by atoms with van der Waals surface area (Å²) in [4.78, 5) is 27.4. The Hall–Kier alpha value is -3.11. The van der Waals surface area contributed by atoms with Crippen molar-refractivity contribution in [3.8, 4) is 11.4 Å². The molecule has 0 N–H and O–H groups in total. The topological polar surface area (TPSA) is 60.8 Å². The van der Waals surface area contributed by atoms with E-state index in [2.05, 4.69) is 4.74 Å². The van der Waals surface area contributed by atoms with Crippen LogP contribution in [0.2, 0.25) is 0 Å². The maximum Gasteiger partial charge on any atom is 0.487 e. The van der Waals surface area contributed by atoms with Crippen molar-refractivity contribution in [3.63, 3.8) is 0 Å². The van der Waals surface area contributed by atoms with Crippen molar-refractivity contribution >= 4 is 28.5 Å². The van der Waals surface area contributed by atoms with E-state index in [4.69, 9.17) is 16.3 Å². The number of alkyl halides is 3. The van der Waals surface area contributed by atoms with Crippen LogP contribution in [-0.4, -0.2) is 41.2 Å². The van der Waals surface area contributed by atoms with E-state index in [-0.39, 0.29) is 12.3 Å². The Balaban J connectivity index is 2.36. The molecule has 0 amide bonds. The third-order valence-electron chi connectivity index (χ3n) is 5.06. The average Bonchev–Trinajstić information content (AvgIpc) is 2.77. The third kappa shape index (κ3) is 5.34. The molecule has 1 heterocycles. The van der Waals surface area contributed by atoms with Crippen LogP contribution in [0.4, 0.5) is 17.6 Å². The van der Waals surface area contributed by atoms with Crippen LogP contribution in [0.25, 0.3) is 16.6 Å². The summed E-state index contributed by atoms with van der Waals surface area (Å²) in [6.45, 7) is 4.86. The van der Waals surface area contributed by atoms with Crippen LogP contribution in [0.1, 0.15) is 29.8 Å². The Morgan fingerprint density at radius 2 is 1.82 bits per heavy atom. The van der Waals surface area contributed by atoms with Gasteiger partial charge in [0, 0.05) is 30.0 Å². The smallest absolute Gasteiger partial charge is 0.462 e. The van der Waals surface area contributed by atoms with Crippen LogP contribution in [0.5, 0.6) is 5.75 Å². The lowest BCUT2D eigenvalue weighted by atomic mass is 10.1. The van der Waals surface area contributed by atoms with Gasteiger partial charge in [-0.3, -0.25) is 4.79 Å². The molecule has 0 spiro atoms. The van der Waals surface area contributed by atoms with Gasteiger partial charge in [-0.15, -0.1) is 8.78 Å². The molecule has 34 heavy (non-hydrogen) atoms. The zero-order chi connectivity index (χ0) is 25.2. The maximum atomic E-state index is 14.6. The van der Waals surface area contributed by atoms with Gasteiger partial charge >= 0.3 is 11.5 Å². The molecule has 0 bridgehead atoms. The van der Waals surface area contributed by atoms with Gasteiger partial charge in [0.15, 0.2) is 11.6 Å². The minimum Gasteiger partial charge on any atom is -0.462 e. The zero-order valence-corrected chi connectivity index (χ0v) is 19.3. The molecule has 0 fully saturated rings. The molecule has 3 rings (SSSR count). The summed E-state index contributed by atoms with van der Waals surface area (Å²) in [5.41, 5.74) is -5.32. The number of pyridine rings is 1. The van der Waals surface area contributed by atoms with E-state index in [1.165, 1.54) is 6.92 Å². The van der Waals surface area contributed by atoms with Gasteiger partial charge in [0.1, 0.15) is 11.1 Å². The highest BCUT2D eigenvalue weighted by molar-refractivity contribution is 6.21. The number of carbonyl (C=O) groups is 1. The largest absolute Gasteiger partial charge is 0.487 e. The number of hydrogen-bond donors (Lipinski definition) is 0. The van der Waals surface area contributed by atoms with Gasteiger partial charge < -0.3 is 18.9 Å². The molecule has 6 nitrogen and oxygen atoms in total. The quantitative estimate of drug-likeness (QED) is 0.246. The first-order chi connectivity index (χ1) is 16.0. The molecule has 0 radical (unpaired) electrons. The van der Waals surface area contributed by atoms with E-state index in [1.807, 2.05) is 18.9 Å². The number of fused-ring (bicyclic) bond motifs is 1. The van der Waals surface area contributed by atoms with Crippen LogP contribution in [-0.2, 0) is 11.3 Å². The van der Waals surface area contributed by atoms with Gasteiger partial charge in [-0.2, -0.15) is 4.39 Å². The van der Waals surface area contributed by atoms with Crippen LogP contribution in [0, 0.1) is 11.6 Å². The van der Waals surface area contributed by atoms with Crippen molar-refractivity contribution in [2.24, 2.45) is 0 Å². The Morgan fingerprint density at radius 1 is 1.18 bits per heavy atom. The Kier molecular flexibility index (Phi) is 7.52. The lowest BCUT2D eigenvalue weighted by Crippen LogP contribution is -2.23. The Bertz CT molecular complexity index is 1270. The lowest BCUT2D eigenvalue weighted by molar-refractivity contribution is -0.0978. The van der Waals surface area contributed by atoms with Gasteiger partial charge in [0.25, 0.3) is 0 Å². The van der Waals surface area contributed by atoms with Gasteiger partial charge in [0.05, 0.1) is 12.0 Å². The molecule has 11 heteroatoms. The number of aromatic nitrogens is 1. The second kappa shape index (κ2) is 10.0. The highest BCUT2D eigenvalue weighted by Gasteiger charge is 2.33. The normalized spacial score (nSPS) is 11.8. The zero-order valence-electron chi connectivity index (χ0n) is 18.5. The van der Waals surface area contributed by atoms with Gasteiger partial charge in [-0.25, -0.2) is 9.18 Å². The van der Waals surface area contributed by atoms with Crippen molar-refractivity contribution in [1.82, 2.24) is 9.47 Å². The molecule has 0 saturated carbocycles. The second-order valence-corrected chi connectivity index (χ2v) is 7.84. The first-order valence-corrected chi connectivity index (χ1v) is 10.6. The summed E-state index contributed by atoms with van der Waals surface area (Å²) in [6, 6.07) is 7.11. The predicted octanol–water partition coefficient (Wildman–Crippen LogP) is 5.07. The number of hydrogen-bond acceptors (Lipinski definition) is 5. The maximum absolute atomic E-state index is 14.6. The van der Waals surface area contributed by atoms with Crippen molar-refractivity contribution < 1.29 is 31.8 Å². The minimum absolute atomic E-state index is 0.0550. The fourth-order valence-electron chi connectivity index (χ4n) is 3.35. The van der Waals surface area contributed by atoms with Crippen molar-refractivity contribution in [2.45, 2.75) is 26.0 Å². The summed E-state index contributed by atoms with van der Waals surface area (Å²) in [7, 11) is 1.92. The molecule has 1 aromatic heterocycles. The van der Waals surface area contributed by atoms with E-state index in [0.717, 1.165) is 22.9 Å². The van der Waals surface area contributed by atoms with Crippen LogP contribution in [0.3, 0.4) is 0 Å². The first-order valence-electron chi connectivity index (χ1n) is 10.2. The Labute approximate surface area is 197 Å². The number of ether oxygens (including phenoxy) is 2. The second-order valence-electron chi connectivity index (χ2n) is 7.40. The number of esters is 1. The summed E-state index contributed by atoms with van der Waals surface area (Å²) < 4.78 is 66.0. The molecule has 2 aromatic carbocycles. The summed E-state index contributed by atoms with van der Waals surface area (Å²) in [5, 5.41) is -0.574. The van der Waals surface area contributed by atoms with E-state index in [1.54, 1.807) is 24.3 Å². The highest BCUT2D eigenvalue weighted by atomic mass is 35.5. The van der Waals surface area contributed by atoms with E-state index >= 15 is 0 Å². The molecule has 0 aliphatic carbocycles. The number of rotatable bonds is 8. The van der Waals surface area contributed by atoms with Gasteiger partial charge in [0.2, 0.25) is 11.2 Å². The third-order valence-corrected chi connectivity index (χ3v) is 5.14. The lowest BCUT2D eigenvalue weighted by Gasteiger charge is -2.19. The summed E-state index contributed by atoms with van der Waals surface area (Å²) in [6.07, 6.45) is 1.01. The van der Waals surface area contributed by atoms with Crippen molar-refractivity contribution in [3.05, 3.63) is 69.5 Å². The molecular weight excluding hydrogens is 480 g/mol. The molecule has 3 aromatic rings. The van der Waals surface area contributed by atoms with E-state index < -0.39 is 50.8 Å². The fourth-order valence-corrected chi connectivity index (χ4v) is 3.43. The van der Waals surface area contributed by atoms with Gasteiger partial charge in [-0.1, -0.05) is 19.1 Å². The summed E-state index contributed by atoms with van der Waals surface area (Å²) >= 11 is 4.83. The standard InChI is InChI=1S/C23H21ClF4N2O4/c1-4-29(3)11-13-6-8-14(9-7-13)30-12-16(22(32)33-5-2)20(31)15-10-17(25)18(26)21(19(15)30)34-23(24,27)28/h6-10,12H,4-5,11H2,1-3H3. The molecule has 0 atom stereocenters. The predicted molar refractivity (Wildman–Crippen MR) is 119 cm³/mol. The average molecular weight is 501 g/mol. The Morgan fingerprint density at radius 3 is 2.38 bits per heavy atom. The van der Waals surface area contributed by atoms with Crippen LogP contribution >= 0.6 is 11.6 Å². The van der Waals surface area contributed by atoms with E-state index in [0.29, 0.717) is 12.6 Å². The molecule has 0 unspecified atom stereocenters. The minimum atomic E-state index is -4.41. The number of halogens is 5.